The Morgan fingerprint density at radius 1 is 1.53 bits per heavy atom. The first-order valence-corrected chi connectivity index (χ1v) is 6.60. The van der Waals surface area contributed by atoms with Crippen molar-refractivity contribution < 1.29 is 9.47 Å². The van der Waals surface area contributed by atoms with Gasteiger partial charge in [-0.2, -0.15) is 5.26 Å². The molecule has 2 rings (SSSR count). The van der Waals surface area contributed by atoms with Crippen molar-refractivity contribution >= 4 is 0 Å². The summed E-state index contributed by atoms with van der Waals surface area (Å²) in [5, 5.41) is 8.96. The van der Waals surface area contributed by atoms with Crippen LogP contribution in [-0.4, -0.2) is 38.3 Å². The lowest BCUT2D eigenvalue weighted by molar-refractivity contribution is 0.0793. The molecule has 0 aromatic heterocycles. The first kappa shape index (κ1) is 13.9. The minimum atomic E-state index is 0.366. The number of hydrogen-bond donors (Lipinski definition) is 0. The van der Waals surface area contributed by atoms with Crippen molar-refractivity contribution in [2.24, 2.45) is 0 Å². The van der Waals surface area contributed by atoms with Crippen LogP contribution in [0.3, 0.4) is 0 Å². The highest BCUT2D eigenvalue weighted by Gasteiger charge is 2.17. The summed E-state index contributed by atoms with van der Waals surface area (Å²) in [4.78, 5) is 2.25. The number of likely N-dealkylation sites (N-methyl/N-ethyl adjacent to an activating group) is 1. The van der Waals surface area contributed by atoms with Crippen LogP contribution in [0.15, 0.2) is 18.2 Å². The summed E-state index contributed by atoms with van der Waals surface area (Å²) >= 11 is 0. The summed E-state index contributed by atoms with van der Waals surface area (Å²) in [7, 11) is 3.68. The predicted molar refractivity (Wildman–Crippen MR) is 73.0 cm³/mol. The van der Waals surface area contributed by atoms with Gasteiger partial charge < -0.3 is 9.47 Å². The van der Waals surface area contributed by atoms with E-state index in [0.29, 0.717) is 17.4 Å². The zero-order valence-electron chi connectivity index (χ0n) is 11.6. The van der Waals surface area contributed by atoms with Crippen LogP contribution in [0.25, 0.3) is 0 Å². The molecule has 1 aliphatic heterocycles. The lowest BCUT2D eigenvalue weighted by atomic mass is 10.1. The summed E-state index contributed by atoms with van der Waals surface area (Å²) in [5.74, 6) is 0.644. The molecule has 0 spiro atoms. The van der Waals surface area contributed by atoms with E-state index in [1.807, 2.05) is 18.2 Å². The fourth-order valence-corrected chi connectivity index (χ4v) is 2.44. The Labute approximate surface area is 114 Å². The van der Waals surface area contributed by atoms with Gasteiger partial charge in [0.15, 0.2) is 0 Å². The largest absolute Gasteiger partial charge is 0.495 e. The van der Waals surface area contributed by atoms with E-state index in [0.717, 1.165) is 31.7 Å². The lowest BCUT2D eigenvalue weighted by Gasteiger charge is -2.20. The van der Waals surface area contributed by atoms with Crippen LogP contribution < -0.4 is 4.74 Å². The van der Waals surface area contributed by atoms with Crippen molar-refractivity contribution in [2.45, 2.75) is 25.5 Å². The molecule has 4 nitrogen and oxygen atoms in total. The Balaban J connectivity index is 1.96. The molecule has 19 heavy (non-hydrogen) atoms. The monoisotopic (exact) mass is 260 g/mol. The lowest BCUT2D eigenvalue weighted by Crippen LogP contribution is -2.28. The van der Waals surface area contributed by atoms with Crippen LogP contribution in [0.4, 0.5) is 0 Å². The zero-order valence-corrected chi connectivity index (χ0v) is 11.6. The maximum Gasteiger partial charge on any atom is 0.136 e. The van der Waals surface area contributed by atoms with E-state index in [2.05, 4.69) is 18.0 Å². The van der Waals surface area contributed by atoms with Crippen molar-refractivity contribution in [1.82, 2.24) is 4.90 Å². The highest BCUT2D eigenvalue weighted by Crippen LogP contribution is 2.20. The number of ether oxygens (including phenoxy) is 2. The Morgan fingerprint density at radius 3 is 3.00 bits per heavy atom. The molecule has 1 aromatic carbocycles. The van der Waals surface area contributed by atoms with Crippen molar-refractivity contribution in [3.63, 3.8) is 0 Å². The van der Waals surface area contributed by atoms with Gasteiger partial charge in [-0.25, -0.2) is 0 Å². The molecular weight excluding hydrogens is 240 g/mol. The molecule has 0 aliphatic carbocycles. The summed E-state index contributed by atoms with van der Waals surface area (Å²) in [6.45, 7) is 2.67. The van der Waals surface area contributed by atoms with Crippen LogP contribution in [0.2, 0.25) is 0 Å². The molecule has 1 saturated heterocycles. The quantitative estimate of drug-likeness (QED) is 0.814. The Bertz CT molecular complexity index is 462. The Kier molecular flexibility index (Phi) is 4.78. The average molecular weight is 260 g/mol. The van der Waals surface area contributed by atoms with Gasteiger partial charge in [-0.15, -0.1) is 0 Å². The first-order valence-electron chi connectivity index (χ1n) is 6.60. The van der Waals surface area contributed by atoms with Crippen LogP contribution in [0.5, 0.6) is 5.75 Å². The molecule has 0 saturated carbocycles. The molecule has 0 N–H and O–H groups in total. The number of nitrogens with zero attached hydrogens (tertiary/aromatic N) is 2. The fraction of sp³-hybridized carbons (Fsp3) is 0.533. The number of nitriles is 1. The molecule has 1 heterocycles. The van der Waals surface area contributed by atoms with Gasteiger partial charge in [0.25, 0.3) is 0 Å². The molecule has 1 unspecified atom stereocenters. The summed E-state index contributed by atoms with van der Waals surface area (Å²) in [6.07, 6.45) is 2.69. The molecule has 4 heteroatoms. The van der Waals surface area contributed by atoms with Crippen molar-refractivity contribution in [3.05, 3.63) is 29.3 Å². The molecular formula is C15H20N2O2. The van der Waals surface area contributed by atoms with Crippen LogP contribution in [0.1, 0.15) is 24.0 Å². The summed E-state index contributed by atoms with van der Waals surface area (Å²) in [6, 6.07) is 7.86. The zero-order chi connectivity index (χ0) is 13.7. The first-order chi connectivity index (χ1) is 9.22. The maximum atomic E-state index is 8.96. The van der Waals surface area contributed by atoms with Gasteiger partial charge in [0.1, 0.15) is 11.8 Å². The second-order valence-corrected chi connectivity index (χ2v) is 4.98. The Morgan fingerprint density at radius 2 is 2.37 bits per heavy atom. The summed E-state index contributed by atoms with van der Waals surface area (Å²) in [5.41, 5.74) is 1.73. The van der Waals surface area contributed by atoms with E-state index in [-0.39, 0.29) is 0 Å². The van der Waals surface area contributed by atoms with Crippen LogP contribution in [0, 0.1) is 11.3 Å². The van der Waals surface area contributed by atoms with Crippen molar-refractivity contribution in [3.8, 4) is 11.8 Å². The predicted octanol–water partition coefficient (Wildman–Crippen LogP) is 2.18. The second-order valence-electron chi connectivity index (χ2n) is 4.98. The highest BCUT2D eigenvalue weighted by molar-refractivity contribution is 5.45. The fourth-order valence-electron chi connectivity index (χ4n) is 2.44. The third kappa shape index (κ3) is 3.69. The van der Waals surface area contributed by atoms with Gasteiger partial charge in [-0.05, 0) is 37.6 Å². The topological polar surface area (TPSA) is 45.5 Å². The number of hydrogen-bond acceptors (Lipinski definition) is 4. The van der Waals surface area contributed by atoms with Crippen molar-refractivity contribution in [2.75, 3.05) is 27.3 Å². The molecule has 1 aromatic rings. The van der Waals surface area contributed by atoms with Crippen molar-refractivity contribution in [1.29, 1.82) is 5.26 Å². The van der Waals surface area contributed by atoms with E-state index in [1.165, 1.54) is 6.42 Å². The van der Waals surface area contributed by atoms with Gasteiger partial charge in [0.2, 0.25) is 0 Å². The van der Waals surface area contributed by atoms with E-state index >= 15 is 0 Å². The molecule has 102 valence electrons. The highest BCUT2D eigenvalue weighted by atomic mass is 16.5. The Hall–Kier alpha value is -1.57. The molecule has 1 fully saturated rings. The number of benzene rings is 1. The molecule has 1 aliphatic rings. The van der Waals surface area contributed by atoms with Gasteiger partial charge in [-0.1, -0.05) is 6.07 Å². The number of rotatable bonds is 5. The van der Waals surface area contributed by atoms with Gasteiger partial charge in [0, 0.05) is 19.7 Å². The van der Waals surface area contributed by atoms with E-state index in [9.17, 15) is 0 Å². The number of methoxy groups -OCH3 is 1. The van der Waals surface area contributed by atoms with E-state index in [1.54, 1.807) is 7.11 Å². The van der Waals surface area contributed by atoms with E-state index in [4.69, 9.17) is 14.7 Å². The SMILES string of the molecule is COc1cc(CN(C)CC2CCCO2)ccc1C#N. The van der Waals surface area contributed by atoms with E-state index < -0.39 is 0 Å². The third-order valence-electron chi connectivity index (χ3n) is 3.38. The minimum Gasteiger partial charge on any atom is -0.495 e. The second kappa shape index (κ2) is 6.55. The smallest absolute Gasteiger partial charge is 0.136 e. The third-order valence-corrected chi connectivity index (χ3v) is 3.38. The minimum absolute atomic E-state index is 0.366. The summed E-state index contributed by atoms with van der Waals surface area (Å²) < 4.78 is 10.9. The van der Waals surface area contributed by atoms with Gasteiger partial charge in [-0.3, -0.25) is 4.90 Å². The van der Waals surface area contributed by atoms with Gasteiger partial charge >= 0.3 is 0 Å². The molecule has 0 amide bonds. The van der Waals surface area contributed by atoms with Crippen LogP contribution in [-0.2, 0) is 11.3 Å². The average Bonchev–Trinajstić information content (AvgIpc) is 2.91. The molecule has 1 atom stereocenters. The molecule has 0 bridgehead atoms. The van der Waals surface area contributed by atoms with Gasteiger partial charge in [0.05, 0.1) is 18.8 Å². The standard InChI is InChI=1S/C15H20N2O2/c1-17(11-14-4-3-7-19-14)10-12-5-6-13(9-16)15(8-12)18-2/h5-6,8,14H,3-4,7,10-11H2,1-2H3. The molecule has 0 radical (unpaired) electrons. The van der Waals surface area contributed by atoms with Crippen LogP contribution >= 0.6 is 0 Å². The maximum absolute atomic E-state index is 8.96. The normalized spacial score (nSPS) is 18.5.